The van der Waals surface area contributed by atoms with Crippen LogP contribution < -0.4 is 20.1 Å². The second kappa shape index (κ2) is 14.7. The molecule has 0 amide bonds. The van der Waals surface area contributed by atoms with Crippen molar-refractivity contribution in [3.05, 3.63) is 23.8 Å². The van der Waals surface area contributed by atoms with E-state index < -0.39 is 0 Å². The number of likely N-dealkylation sites (tertiary alicyclic amines) is 1. The highest BCUT2D eigenvalue weighted by Crippen LogP contribution is 2.27. The Morgan fingerprint density at radius 3 is 2.43 bits per heavy atom. The summed E-state index contributed by atoms with van der Waals surface area (Å²) in [7, 11) is 5.11. The Hall–Kier alpha value is -1.22. The van der Waals surface area contributed by atoms with Crippen LogP contribution >= 0.6 is 24.0 Å². The molecule has 1 saturated heterocycles. The molecule has 0 radical (unpaired) electrons. The molecular formula is C21H37IN4O2. The maximum absolute atomic E-state index is 5.35. The van der Waals surface area contributed by atoms with E-state index in [4.69, 9.17) is 9.47 Å². The molecule has 0 unspecified atom stereocenters. The fraction of sp³-hybridized carbons (Fsp3) is 0.667. The van der Waals surface area contributed by atoms with Gasteiger partial charge in [-0.05, 0) is 63.0 Å². The Labute approximate surface area is 187 Å². The van der Waals surface area contributed by atoms with Crippen LogP contribution in [0.15, 0.2) is 23.2 Å². The van der Waals surface area contributed by atoms with Crippen LogP contribution in [0.4, 0.5) is 0 Å². The first-order chi connectivity index (χ1) is 13.3. The summed E-state index contributed by atoms with van der Waals surface area (Å²) in [6.45, 7) is 5.49. The first-order valence-electron chi connectivity index (χ1n) is 10.1. The van der Waals surface area contributed by atoms with Crippen LogP contribution in [0, 0.1) is 0 Å². The molecule has 2 N–H and O–H groups in total. The van der Waals surface area contributed by atoms with E-state index in [9.17, 15) is 0 Å². The molecule has 2 rings (SSSR count). The number of unbranched alkanes of at least 4 members (excludes halogenated alkanes) is 2. The van der Waals surface area contributed by atoms with Gasteiger partial charge in [-0.2, -0.15) is 0 Å². The number of hydrogen-bond donors (Lipinski definition) is 2. The zero-order valence-electron chi connectivity index (χ0n) is 17.6. The smallest absolute Gasteiger partial charge is 0.191 e. The van der Waals surface area contributed by atoms with Gasteiger partial charge in [0, 0.05) is 20.1 Å². The van der Waals surface area contributed by atoms with Crippen molar-refractivity contribution in [1.29, 1.82) is 0 Å². The molecule has 0 aromatic heterocycles. The van der Waals surface area contributed by atoms with Crippen molar-refractivity contribution >= 4 is 29.9 Å². The number of halogens is 1. The van der Waals surface area contributed by atoms with Gasteiger partial charge in [0.15, 0.2) is 17.5 Å². The molecule has 0 spiro atoms. The molecule has 160 valence electrons. The predicted octanol–water partition coefficient (Wildman–Crippen LogP) is 3.64. The van der Waals surface area contributed by atoms with E-state index in [0.29, 0.717) is 6.54 Å². The fourth-order valence-electron chi connectivity index (χ4n) is 3.42. The minimum absolute atomic E-state index is 0. The van der Waals surface area contributed by atoms with Crippen molar-refractivity contribution in [3.63, 3.8) is 0 Å². The number of hydrogen-bond acceptors (Lipinski definition) is 4. The SMILES string of the molecule is CN=C(NCCCCCN1CCCCC1)NCc1ccc(OC)c(OC)c1.I. The molecule has 1 aliphatic rings. The number of methoxy groups -OCH3 is 2. The number of piperidine rings is 1. The van der Waals surface area contributed by atoms with Crippen LogP contribution in [0.5, 0.6) is 11.5 Å². The minimum Gasteiger partial charge on any atom is -0.493 e. The number of nitrogens with zero attached hydrogens (tertiary/aromatic N) is 2. The zero-order chi connectivity index (χ0) is 19.3. The molecule has 0 saturated carbocycles. The van der Waals surface area contributed by atoms with Gasteiger partial charge in [0.1, 0.15) is 0 Å². The molecule has 0 aliphatic carbocycles. The number of guanidine groups is 1. The van der Waals surface area contributed by atoms with Crippen LogP contribution in [-0.2, 0) is 6.54 Å². The second-order valence-electron chi connectivity index (χ2n) is 7.00. The Kier molecular flexibility index (Phi) is 13.1. The van der Waals surface area contributed by atoms with Gasteiger partial charge in [0.05, 0.1) is 14.2 Å². The van der Waals surface area contributed by atoms with Gasteiger partial charge >= 0.3 is 0 Å². The third kappa shape index (κ3) is 8.86. The Bertz CT molecular complexity index is 578. The van der Waals surface area contributed by atoms with Gasteiger partial charge in [-0.1, -0.05) is 18.9 Å². The van der Waals surface area contributed by atoms with Crippen LogP contribution in [0.25, 0.3) is 0 Å². The molecule has 1 aliphatic heterocycles. The summed E-state index contributed by atoms with van der Waals surface area (Å²) >= 11 is 0. The van der Waals surface area contributed by atoms with E-state index in [-0.39, 0.29) is 24.0 Å². The largest absolute Gasteiger partial charge is 0.493 e. The maximum Gasteiger partial charge on any atom is 0.191 e. The summed E-state index contributed by atoms with van der Waals surface area (Å²) in [4.78, 5) is 6.91. The first kappa shape index (κ1) is 24.8. The third-order valence-corrected chi connectivity index (χ3v) is 5.02. The molecule has 28 heavy (non-hydrogen) atoms. The van der Waals surface area contributed by atoms with Crippen LogP contribution in [0.3, 0.4) is 0 Å². The summed E-state index contributed by atoms with van der Waals surface area (Å²) in [5, 5.41) is 6.75. The van der Waals surface area contributed by atoms with E-state index in [1.165, 1.54) is 58.2 Å². The molecule has 1 aromatic rings. The number of rotatable bonds is 10. The summed E-state index contributed by atoms with van der Waals surface area (Å²) in [6, 6.07) is 5.94. The van der Waals surface area contributed by atoms with E-state index in [1.54, 1.807) is 21.3 Å². The Morgan fingerprint density at radius 2 is 1.75 bits per heavy atom. The number of nitrogens with one attached hydrogen (secondary N) is 2. The van der Waals surface area contributed by atoms with Crippen LogP contribution in [0.2, 0.25) is 0 Å². The van der Waals surface area contributed by atoms with Crippen molar-refractivity contribution in [1.82, 2.24) is 15.5 Å². The normalized spacial score (nSPS) is 14.9. The highest BCUT2D eigenvalue weighted by molar-refractivity contribution is 14.0. The van der Waals surface area contributed by atoms with Gasteiger partial charge in [-0.3, -0.25) is 4.99 Å². The number of benzene rings is 1. The van der Waals surface area contributed by atoms with Gasteiger partial charge in [-0.25, -0.2) is 0 Å². The molecule has 7 heteroatoms. The van der Waals surface area contributed by atoms with Crippen LogP contribution in [0.1, 0.15) is 44.1 Å². The molecule has 6 nitrogen and oxygen atoms in total. The summed E-state index contributed by atoms with van der Waals surface area (Å²) in [6.07, 6.45) is 7.89. The second-order valence-corrected chi connectivity index (χ2v) is 7.00. The summed E-state index contributed by atoms with van der Waals surface area (Å²) < 4.78 is 10.6. The lowest BCUT2D eigenvalue weighted by molar-refractivity contribution is 0.224. The average molecular weight is 504 g/mol. The number of ether oxygens (including phenoxy) is 2. The predicted molar refractivity (Wildman–Crippen MR) is 127 cm³/mol. The Morgan fingerprint density at radius 1 is 1.00 bits per heavy atom. The fourth-order valence-corrected chi connectivity index (χ4v) is 3.42. The van der Waals surface area contributed by atoms with Crippen molar-refractivity contribution in [2.24, 2.45) is 4.99 Å². The minimum atomic E-state index is 0. The van der Waals surface area contributed by atoms with Gasteiger partial charge in [0.25, 0.3) is 0 Å². The highest BCUT2D eigenvalue weighted by atomic mass is 127. The Balaban J connectivity index is 0.00000392. The van der Waals surface area contributed by atoms with Gasteiger partial charge in [-0.15, -0.1) is 24.0 Å². The summed E-state index contributed by atoms with van der Waals surface area (Å²) in [5.74, 6) is 2.32. The molecule has 1 fully saturated rings. The molecule has 0 bridgehead atoms. The van der Waals surface area contributed by atoms with E-state index in [1.807, 2.05) is 18.2 Å². The zero-order valence-corrected chi connectivity index (χ0v) is 20.0. The molecular weight excluding hydrogens is 467 g/mol. The molecule has 1 heterocycles. The standard InChI is InChI=1S/C21H36N4O2.HI/c1-22-21(23-12-6-4-7-13-25-14-8-5-9-15-25)24-17-18-10-11-19(26-2)20(16-18)27-3;/h10-11,16H,4-9,12-15,17H2,1-3H3,(H2,22,23,24);1H. The molecule has 0 atom stereocenters. The maximum atomic E-state index is 5.35. The van der Waals surface area contributed by atoms with Crippen molar-refractivity contribution in [2.45, 2.75) is 45.1 Å². The first-order valence-corrected chi connectivity index (χ1v) is 10.1. The van der Waals surface area contributed by atoms with E-state index in [0.717, 1.165) is 29.6 Å². The van der Waals surface area contributed by atoms with Crippen LogP contribution in [-0.4, -0.2) is 58.3 Å². The quantitative estimate of drug-likeness (QED) is 0.221. The van der Waals surface area contributed by atoms with Gasteiger partial charge < -0.3 is 25.0 Å². The monoisotopic (exact) mass is 504 g/mol. The van der Waals surface area contributed by atoms with E-state index >= 15 is 0 Å². The summed E-state index contributed by atoms with van der Waals surface area (Å²) in [5.41, 5.74) is 1.12. The highest BCUT2D eigenvalue weighted by Gasteiger charge is 2.09. The van der Waals surface area contributed by atoms with Crippen molar-refractivity contribution in [2.75, 3.05) is 47.4 Å². The van der Waals surface area contributed by atoms with Crippen molar-refractivity contribution in [3.8, 4) is 11.5 Å². The van der Waals surface area contributed by atoms with Crippen molar-refractivity contribution < 1.29 is 9.47 Å². The van der Waals surface area contributed by atoms with E-state index in [2.05, 4.69) is 20.5 Å². The third-order valence-electron chi connectivity index (χ3n) is 5.02. The number of aliphatic imine (C=N–C) groups is 1. The topological polar surface area (TPSA) is 58.1 Å². The lowest BCUT2D eigenvalue weighted by Crippen LogP contribution is -2.37. The molecule has 1 aromatic carbocycles. The lowest BCUT2D eigenvalue weighted by atomic mass is 10.1. The van der Waals surface area contributed by atoms with Gasteiger partial charge in [0.2, 0.25) is 0 Å². The lowest BCUT2D eigenvalue weighted by Gasteiger charge is -2.26. The average Bonchev–Trinajstić information content (AvgIpc) is 2.73.